The lowest BCUT2D eigenvalue weighted by Gasteiger charge is -2.20. The fourth-order valence-corrected chi connectivity index (χ4v) is 4.45. The van der Waals surface area contributed by atoms with Crippen LogP contribution in [-0.4, -0.2) is 44.0 Å². The molecular weight excluding hydrogens is 518 g/mol. The number of hydrogen-bond acceptors (Lipinski definition) is 6. The maximum Gasteiger partial charge on any atom is 0.247 e. The third-order valence-electron chi connectivity index (χ3n) is 6.18. The number of hydrogen-bond donors (Lipinski definition) is 3. The first kappa shape index (κ1) is 25.8. The fraction of sp³-hybridized carbons (Fsp3) is 0.143. The van der Waals surface area contributed by atoms with E-state index in [4.69, 9.17) is 11.6 Å². The molecule has 0 saturated carbocycles. The summed E-state index contributed by atoms with van der Waals surface area (Å²) in [5, 5.41) is 20.2. The van der Waals surface area contributed by atoms with Gasteiger partial charge in [-0.3, -0.25) is 14.4 Å². The van der Waals surface area contributed by atoms with Gasteiger partial charge in [-0.25, -0.2) is 0 Å². The van der Waals surface area contributed by atoms with E-state index in [1.807, 2.05) is 36.4 Å². The molecule has 1 aromatic heterocycles. The normalized spacial score (nSPS) is 13.4. The van der Waals surface area contributed by atoms with Crippen molar-refractivity contribution in [3.8, 4) is 5.69 Å². The molecule has 196 valence electrons. The van der Waals surface area contributed by atoms with Crippen LogP contribution in [-0.2, 0) is 27.2 Å². The first-order chi connectivity index (χ1) is 18.9. The van der Waals surface area contributed by atoms with Gasteiger partial charge in [0, 0.05) is 40.9 Å². The van der Waals surface area contributed by atoms with Crippen molar-refractivity contribution in [1.29, 1.82) is 0 Å². The zero-order chi connectivity index (χ0) is 27.2. The second kappa shape index (κ2) is 11.7. The van der Waals surface area contributed by atoms with Crippen molar-refractivity contribution >= 4 is 46.8 Å². The molecule has 0 saturated heterocycles. The van der Waals surface area contributed by atoms with Crippen LogP contribution >= 0.6 is 11.6 Å². The summed E-state index contributed by atoms with van der Waals surface area (Å²) in [5.74, 6) is -0.847. The van der Waals surface area contributed by atoms with Gasteiger partial charge in [-0.1, -0.05) is 41.9 Å². The second-order valence-electron chi connectivity index (χ2n) is 8.95. The predicted octanol–water partition coefficient (Wildman–Crippen LogP) is 3.58. The van der Waals surface area contributed by atoms with Gasteiger partial charge in [0.15, 0.2) is 0 Å². The van der Waals surface area contributed by atoms with E-state index in [-0.39, 0.29) is 11.8 Å². The maximum absolute atomic E-state index is 13.3. The van der Waals surface area contributed by atoms with Crippen LogP contribution in [0.15, 0.2) is 79.1 Å². The summed E-state index contributed by atoms with van der Waals surface area (Å²) >= 11 is 6.17. The standard InChI is InChI=1S/C28H24ClN7O3/c29-21-8-11-25(36-17-30-34-35-36)20(15-21)7-13-27(38)33-24(14-18-4-2-1-3-5-18)28(39)31-22-9-10-23-19(16-22)6-12-26(37)32-23/h1-5,7-11,13,15-17,24H,6,12,14H2,(H,31,39)(H,32,37)(H,33,38)/b13-7+/t24-/m0/s1. The van der Waals surface area contributed by atoms with E-state index in [0.717, 1.165) is 16.8 Å². The van der Waals surface area contributed by atoms with Gasteiger partial charge in [-0.05, 0) is 70.4 Å². The molecule has 39 heavy (non-hydrogen) atoms. The topological polar surface area (TPSA) is 131 Å². The molecule has 1 atom stereocenters. The van der Waals surface area contributed by atoms with E-state index in [0.29, 0.717) is 41.2 Å². The zero-order valence-corrected chi connectivity index (χ0v) is 21.4. The third-order valence-corrected chi connectivity index (χ3v) is 6.42. The monoisotopic (exact) mass is 541 g/mol. The van der Waals surface area contributed by atoms with Crippen molar-refractivity contribution in [1.82, 2.24) is 25.5 Å². The van der Waals surface area contributed by atoms with Crippen molar-refractivity contribution in [3.63, 3.8) is 0 Å². The Morgan fingerprint density at radius 2 is 1.92 bits per heavy atom. The first-order valence-corrected chi connectivity index (χ1v) is 12.6. The number of aryl methyl sites for hydroxylation is 1. The van der Waals surface area contributed by atoms with Crippen LogP contribution in [0.3, 0.4) is 0 Å². The average Bonchev–Trinajstić information content (AvgIpc) is 3.47. The Bertz CT molecular complexity index is 1540. The fourth-order valence-electron chi connectivity index (χ4n) is 4.27. The summed E-state index contributed by atoms with van der Waals surface area (Å²) in [5.41, 5.74) is 4.42. The lowest BCUT2D eigenvalue weighted by Crippen LogP contribution is -2.44. The number of aromatic nitrogens is 4. The third kappa shape index (κ3) is 6.55. The van der Waals surface area contributed by atoms with E-state index in [1.54, 1.807) is 36.4 Å². The van der Waals surface area contributed by atoms with Crippen molar-refractivity contribution in [2.24, 2.45) is 0 Å². The Balaban J connectivity index is 1.33. The van der Waals surface area contributed by atoms with Gasteiger partial charge in [-0.15, -0.1) is 5.10 Å². The molecule has 2 heterocycles. The molecule has 5 rings (SSSR count). The lowest BCUT2D eigenvalue weighted by molar-refractivity contribution is -0.123. The number of amides is 3. The summed E-state index contributed by atoms with van der Waals surface area (Å²) < 4.78 is 1.46. The highest BCUT2D eigenvalue weighted by atomic mass is 35.5. The minimum Gasteiger partial charge on any atom is -0.340 e. The van der Waals surface area contributed by atoms with Crippen LogP contribution < -0.4 is 16.0 Å². The minimum atomic E-state index is -0.848. The predicted molar refractivity (Wildman–Crippen MR) is 147 cm³/mol. The Labute approximate surface area is 229 Å². The molecule has 3 N–H and O–H groups in total. The summed E-state index contributed by atoms with van der Waals surface area (Å²) in [7, 11) is 0. The molecule has 4 aromatic rings. The van der Waals surface area contributed by atoms with Crippen molar-refractivity contribution in [2.75, 3.05) is 10.6 Å². The van der Waals surface area contributed by atoms with Crippen molar-refractivity contribution in [3.05, 3.63) is 101 Å². The Morgan fingerprint density at radius 3 is 2.72 bits per heavy atom. The molecule has 3 aromatic carbocycles. The van der Waals surface area contributed by atoms with E-state index in [1.165, 1.54) is 17.1 Å². The van der Waals surface area contributed by atoms with Gasteiger partial charge in [0.25, 0.3) is 0 Å². The summed E-state index contributed by atoms with van der Waals surface area (Å²) in [6.07, 6.45) is 5.65. The van der Waals surface area contributed by atoms with Crippen LogP contribution in [0, 0.1) is 0 Å². The highest BCUT2D eigenvalue weighted by Gasteiger charge is 2.22. The highest BCUT2D eigenvalue weighted by Crippen LogP contribution is 2.26. The molecule has 0 unspecified atom stereocenters. The van der Waals surface area contributed by atoms with Gasteiger partial charge in [-0.2, -0.15) is 4.68 Å². The number of anilines is 2. The largest absolute Gasteiger partial charge is 0.340 e. The maximum atomic E-state index is 13.3. The number of nitrogens with zero attached hydrogens (tertiary/aromatic N) is 4. The van der Waals surface area contributed by atoms with Crippen molar-refractivity contribution in [2.45, 2.75) is 25.3 Å². The van der Waals surface area contributed by atoms with Crippen LogP contribution in [0.25, 0.3) is 11.8 Å². The van der Waals surface area contributed by atoms with Gasteiger partial charge in [0.2, 0.25) is 17.7 Å². The molecule has 11 heteroatoms. The molecule has 10 nitrogen and oxygen atoms in total. The Kier molecular flexibility index (Phi) is 7.74. The molecular formula is C28H24ClN7O3. The van der Waals surface area contributed by atoms with Crippen LogP contribution in [0.4, 0.5) is 11.4 Å². The number of tetrazole rings is 1. The lowest BCUT2D eigenvalue weighted by atomic mass is 10.0. The molecule has 1 aliphatic rings. The van der Waals surface area contributed by atoms with Gasteiger partial charge in [0.1, 0.15) is 12.4 Å². The minimum absolute atomic E-state index is 0.0270. The quantitative estimate of drug-likeness (QED) is 0.292. The average molecular weight is 542 g/mol. The van der Waals surface area contributed by atoms with Crippen molar-refractivity contribution < 1.29 is 14.4 Å². The first-order valence-electron chi connectivity index (χ1n) is 12.2. The zero-order valence-electron chi connectivity index (χ0n) is 20.7. The SMILES string of the molecule is O=C(/C=C/c1cc(Cl)ccc1-n1cnnn1)N[C@@H](Cc1ccccc1)C(=O)Nc1ccc2c(c1)CCC(=O)N2. The molecule has 3 amide bonds. The summed E-state index contributed by atoms with van der Waals surface area (Å²) in [6, 6.07) is 19.1. The van der Waals surface area contributed by atoms with Crippen LogP contribution in [0.2, 0.25) is 5.02 Å². The molecule has 0 spiro atoms. The second-order valence-corrected chi connectivity index (χ2v) is 9.39. The number of benzene rings is 3. The number of carbonyl (C=O) groups is 3. The number of rotatable bonds is 8. The smallest absolute Gasteiger partial charge is 0.247 e. The number of carbonyl (C=O) groups excluding carboxylic acids is 3. The molecule has 0 aliphatic carbocycles. The van der Waals surface area contributed by atoms with E-state index >= 15 is 0 Å². The van der Waals surface area contributed by atoms with Gasteiger partial charge < -0.3 is 16.0 Å². The molecule has 0 radical (unpaired) electrons. The number of nitrogens with one attached hydrogen (secondary N) is 3. The summed E-state index contributed by atoms with van der Waals surface area (Å²) in [6.45, 7) is 0. The van der Waals surface area contributed by atoms with Crippen LogP contribution in [0.5, 0.6) is 0 Å². The van der Waals surface area contributed by atoms with Gasteiger partial charge >= 0.3 is 0 Å². The molecule has 1 aliphatic heterocycles. The van der Waals surface area contributed by atoms with Gasteiger partial charge in [0.05, 0.1) is 5.69 Å². The Hall–Kier alpha value is -4.83. The number of halogens is 1. The molecule has 0 bridgehead atoms. The summed E-state index contributed by atoms with van der Waals surface area (Å²) in [4.78, 5) is 38.0. The van der Waals surface area contributed by atoms with E-state index < -0.39 is 11.9 Å². The van der Waals surface area contributed by atoms with E-state index in [2.05, 4.69) is 31.5 Å². The number of fused-ring (bicyclic) bond motifs is 1. The molecule has 0 fully saturated rings. The highest BCUT2D eigenvalue weighted by molar-refractivity contribution is 6.30. The van der Waals surface area contributed by atoms with Crippen LogP contribution in [0.1, 0.15) is 23.1 Å². The Morgan fingerprint density at radius 1 is 1.08 bits per heavy atom. The van der Waals surface area contributed by atoms with E-state index in [9.17, 15) is 14.4 Å².